The highest BCUT2D eigenvalue weighted by molar-refractivity contribution is 5.93. The van der Waals surface area contributed by atoms with Gasteiger partial charge in [-0.15, -0.1) is 0 Å². The monoisotopic (exact) mass is 351 g/mol. The normalized spacial score (nSPS) is 17.2. The van der Waals surface area contributed by atoms with Crippen LogP contribution >= 0.6 is 0 Å². The fourth-order valence-electron chi connectivity index (χ4n) is 2.87. The lowest BCUT2D eigenvalue weighted by atomic mass is 10.1. The molecule has 1 aliphatic rings. The summed E-state index contributed by atoms with van der Waals surface area (Å²) >= 11 is 0. The second-order valence-corrected chi connectivity index (χ2v) is 5.85. The van der Waals surface area contributed by atoms with E-state index in [9.17, 15) is 4.79 Å². The van der Waals surface area contributed by atoms with Crippen LogP contribution in [-0.4, -0.2) is 55.7 Å². The fourth-order valence-corrected chi connectivity index (χ4v) is 2.87. The van der Waals surface area contributed by atoms with Gasteiger partial charge in [0.15, 0.2) is 0 Å². The second kappa shape index (κ2) is 6.89. The van der Waals surface area contributed by atoms with E-state index in [0.29, 0.717) is 42.6 Å². The highest BCUT2D eigenvalue weighted by atomic mass is 16.5. The number of carbonyl (C=O) groups is 1. The number of morpholine rings is 1. The fraction of sp³-hybridized carbons (Fsp3) is 0.235. The van der Waals surface area contributed by atoms with Crippen LogP contribution in [0.5, 0.6) is 0 Å². The van der Waals surface area contributed by atoms with E-state index in [1.807, 2.05) is 12.1 Å². The zero-order valence-corrected chi connectivity index (χ0v) is 13.9. The van der Waals surface area contributed by atoms with Crippen molar-refractivity contribution in [3.05, 3.63) is 54.4 Å². The molecule has 0 radical (unpaired) electrons. The zero-order chi connectivity index (χ0) is 17.9. The maximum atomic E-state index is 12.8. The first-order valence-electron chi connectivity index (χ1n) is 8.15. The van der Waals surface area contributed by atoms with Gasteiger partial charge in [-0.1, -0.05) is 0 Å². The molecule has 132 valence electrons. The van der Waals surface area contributed by atoms with Gasteiger partial charge >= 0.3 is 0 Å². The van der Waals surface area contributed by atoms with Gasteiger partial charge in [0.2, 0.25) is 0 Å². The third-order valence-corrected chi connectivity index (χ3v) is 4.18. The van der Waals surface area contributed by atoms with Crippen LogP contribution in [0.25, 0.3) is 11.3 Å². The Labute approximate surface area is 149 Å². The minimum Gasteiger partial charge on any atom is -0.382 e. The van der Waals surface area contributed by atoms with Crippen molar-refractivity contribution >= 4 is 11.7 Å². The summed E-state index contributed by atoms with van der Waals surface area (Å²) in [6.07, 6.45) is 6.07. The number of nitrogens with two attached hydrogens (primary N) is 1. The molecule has 4 heterocycles. The van der Waals surface area contributed by atoms with Gasteiger partial charge in [-0.2, -0.15) is 5.10 Å². The molecule has 4 rings (SSSR count). The highest BCUT2D eigenvalue weighted by Gasteiger charge is 2.29. The Balaban J connectivity index is 1.51. The van der Waals surface area contributed by atoms with Gasteiger partial charge in [0, 0.05) is 36.9 Å². The molecule has 26 heavy (non-hydrogen) atoms. The first kappa shape index (κ1) is 16.2. The van der Waals surface area contributed by atoms with Crippen LogP contribution in [0, 0.1) is 0 Å². The minimum atomic E-state index is -0.401. The lowest BCUT2D eigenvalue weighted by Gasteiger charge is -2.32. The first-order valence-corrected chi connectivity index (χ1v) is 8.15. The van der Waals surface area contributed by atoms with Gasteiger partial charge in [0.05, 0.1) is 18.8 Å². The van der Waals surface area contributed by atoms with E-state index in [1.165, 1.54) is 6.20 Å². The summed E-state index contributed by atoms with van der Waals surface area (Å²) in [5, 5.41) is 7.01. The van der Waals surface area contributed by atoms with Crippen molar-refractivity contribution in [2.75, 3.05) is 25.4 Å². The van der Waals surface area contributed by atoms with E-state index in [-0.39, 0.29) is 5.91 Å². The van der Waals surface area contributed by atoms with Crippen molar-refractivity contribution < 1.29 is 9.53 Å². The number of aromatic nitrogens is 5. The third kappa shape index (κ3) is 3.11. The molecule has 3 aromatic heterocycles. The van der Waals surface area contributed by atoms with Crippen LogP contribution < -0.4 is 5.73 Å². The number of rotatable bonds is 3. The van der Waals surface area contributed by atoms with E-state index in [1.54, 1.807) is 29.6 Å². The lowest BCUT2D eigenvalue weighted by molar-refractivity contribution is -0.0246. The Hall–Kier alpha value is -3.33. The number of carbonyl (C=O) groups excluding carboxylic acids is 1. The molecule has 1 saturated heterocycles. The number of anilines is 1. The summed E-state index contributed by atoms with van der Waals surface area (Å²) in [5.74, 6) is 0.163. The van der Waals surface area contributed by atoms with Gasteiger partial charge in [0.1, 0.15) is 23.3 Å². The number of nitrogens with zero attached hydrogens (tertiary/aromatic N) is 5. The molecule has 9 nitrogen and oxygen atoms in total. The molecule has 3 aromatic rings. The average molecular weight is 351 g/mol. The Kier molecular flexibility index (Phi) is 4.28. The van der Waals surface area contributed by atoms with Crippen LogP contribution in [0.3, 0.4) is 0 Å². The number of hydrogen-bond donors (Lipinski definition) is 2. The second-order valence-electron chi connectivity index (χ2n) is 5.85. The average Bonchev–Trinajstić information content (AvgIpc) is 3.19. The topological polar surface area (TPSA) is 123 Å². The van der Waals surface area contributed by atoms with Crippen molar-refractivity contribution in [1.82, 2.24) is 30.0 Å². The molecule has 0 spiro atoms. The van der Waals surface area contributed by atoms with Crippen LogP contribution in [0.15, 0.2) is 43.0 Å². The van der Waals surface area contributed by atoms with Crippen LogP contribution in [0.4, 0.5) is 5.82 Å². The van der Waals surface area contributed by atoms with Gasteiger partial charge in [-0.3, -0.25) is 19.9 Å². The number of hydrogen-bond acceptors (Lipinski definition) is 7. The summed E-state index contributed by atoms with van der Waals surface area (Å²) in [4.78, 5) is 26.8. The minimum absolute atomic E-state index is 0.150. The Morgan fingerprint density at radius 1 is 1.31 bits per heavy atom. The molecule has 3 N–H and O–H groups in total. The summed E-state index contributed by atoms with van der Waals surface area (Å²) in [6, 6.07) is 5.43. The number of amides is 1. The summed E-state index contributed by atoms with van der Waals surface area (Å²) in [5.41, 5.74) is 8.35. The molecule has 9 heteroatoms. The number of nitrogens with one attached hydrogen (secondary N) is 1. The van der Waals surface area contributed by atoms with E-state index < -0.39 is 6.10 Å². The van der Waals surface area contributed by atoms with E-state index in [0.717, 1.165) is 5.56 Å². The molecule has 1 fully saturated rings. The number of nitrogen functional groups attached to an aromatic ring is 1. The molecular formula is C17H17N7O2. The molecular weight excluding hydrogens is 334 g/mol. The lowest BCUT2D eigenvalue weighted by Crippen LogP contribution is -2.42. The zero-order valence-electron chi connectivity index (χ0n) is 13.9. The molecule has 0 saturated carbocycles. The maximum Gasteiger partial charge on any atom is 0.272 e. The van der Waals surface area contributed by atoms with Crippen LogP contribution in [0.1, 0.15) is 22.3 Å². The smallest absolute Gasteiger partial charge is 0.272 e. The molecule has 0 unspecified atom stereocenters. The molecule has 0 aromatic carbocycles. The van der Waals surface area contributed by atoms with Gasteiger partial charge in [-0.05, 0) is 18.2 Å². The Morgan fingerprint density at radius 3 is 3.00 bits per heavy atom. The third-order valence-electron chi connectivity index (χ3n) is 4.18. The highest BCUT2D eigenvalue weighted by Crippen LogP contribution is 2.25. The predicted molar refractivity (Wildman–Crippen MR) is 92.9 cm³/mol. The number of pyridine rings is 1. The predicted octanol–water partition coefficient (Wildman–Crippen LogP) is 1.06. The number of ether oxygens (including phenoxy) is 1. The van der Waals surface area contributed by atoms with Gasteiger partial charge in [0.25, 0.3) is 5.91 Å². The molecule has 0 aliphatic carbocycles. The molecule has 1 aliphatic heterocycles. The van der Waals surface area contributed by atoms with Crippen molar-refractivity contribution in [3.63, 3.8) is 0 Å². The SMILES string of the molecule is Nc1nccnc1[C@@H]1CN(C(=O)c2cc(-c3cccnc3)n[nH]2)CCO1. The molecule has 1 amide bonds. The van der Waals surface area contributed by atoms with Crippen molar-refractivity contribution in [1.29, 1.82) is 0 Å². The Morgan fingerprint density at radius 2 is 2.19 bits per heavy atom. The largest absolute Gasteiger partial charge is 0.382 e. The summed E-state index contributed by atoms with van der Waals surface area (Å²) in [7, 11) is 0. The van der Waals surface area contributed by atoms with Crippen molar-refractivity contribution in [3.8, 4) is 11.3 Å². The Bertz CT molecular complexity index is 912. The molecule has 0 bridgehead atoms. The summed E-state index contributed by atoms with van der Waals surface area (Å²) < 4.78 is 5.73. The van der Waals surface area contributed by atoms with Gasteiger partial charge in [-0.25, -0.2) is 4.98 Å². The summed E-state index contributed by atoms with van der Waals surface area (Å²) in [6.45, 7) is 1.23. The van der Waals surface area contributed by atoms with Crippen LogP contribution in [0.2, 0.25) is 0 Å². The van der Waals surface area contributed by atoms with Gasteiger partial charge < -0.3 is 15.4 Å². The number of H-pyrrole nitrogens is 1. The first-order chi connectivity index (χ1) is 12.7. The standard InChI is InChI=1S/C17H17N7O2/c18-16-15(20-4-5-21-16)14-10-24(6-7-26-14)17(25)13-8-12(22-23-13)11-2-1-3-19-9-11/h1-5,8-9,14H,6-7,10H2,(H2,18,21)(H,22,23)/t14-/m0/s1. The maximum absolute atomic E-state index is 12.8. The van der Waals surface area contributed by atoms with E-state index in [2.05, 4.69) is 25.1 Å². The quantitative estimate of drug-likeness (QED) is 0.723. The number of aromatic amines is 1. The van der Waals surface area contributed by atoms with Crippen LogP contribution in [-0.2, 0) is 4.74 Å². The van der Waals surface area contributed by atoms with E-state index >= 15 is 0 Å². The van der Waals surface area contributed by atoms with Crippen molar-refractivity contribution in [2.24, 2.45) is 0 Å². The molecule has 1 atom stereocenters. The van der Waals surface area contributed by atoms with Crippen molar-refractivity contribution in [2.45, 2.75) is 6.10 Å². The van der Waals surface area contributed by atoms with E-state index in [4.69, 9.17) is 10.5 Å².